The van der Waals surface area contributed by atoms with Gasteiger partial charge in [-0.25, -0.2) is 4.39 Å². The number of anilines is 1. The molecule has 1 aromatic carbocycles. The Kier molecular flexibility index (Phi) is 3.91. The number of nitrogens with one attached hydrogen (secondary N) is 1. The van der Waals surface area contributed by atoms with E-state index in [0.717, 1.165) is 0 Å². The lowest BCUT2D eigenvalue weighted by Gasteiger charge is -2.14. The summed E-state index contributed by atoms with van der Waals surface area (Å²) in [6.45, 7) is 1.83. The van der Waals surface area contributed by atoms with Gasteiger partial charge in [0, 0.05) is 5.69 Å². The van der Waals surface area contributed by atoms with E-state index >= 15 is 0 Å². The highest BCUT2D eigenvalue weighted by molar-refractivity contribution is 6.31. The number of hydrogen-bond acceptors (Lipinski definition) is 2. The largest absolute Gasteiger partial charge is 0.374 e. The zero-order valence-corrected chi connectivity index (χ0v) is 9.01. The van der Waals surface area contributed by atoms with Gasteiger partial charge in [-0.15, -0.1) is 0 Å². The second-order valence-corrected chi connectivity index (χ2v) is 3.54. The topological polar surface area (TPSA) is 55.1 Å². The van der Waals surface area contributed by atoms with Crippen molar-refractivity contribution in [2.75, 3.05) is 5.32 Å². The summed E-state index contributed by atoms with van der Waals surface area (Å²) in [6.07, 6.45) is 0.560. The molecule has 1 aromatic rings. The van der Waals surface area contributed by atoms with Crippen molar-refractivity contribution in [1.29, 1.82) is 0 Å². The zero-order valence-electron chi connectivity index (χ0n) is 8.26. The van der Waals surface area contributed by atoms with Crippen LogP contribution in [0.3, 0.4) is 0 Å². The Bertz CT molecular complexity index is 370. The molecule has 0 fully saturated rings. The quantitative estimate of drug-likeness (QED) is 0.833. The summed E-state index contributed by atoms with van der Waals surface area (Å²) in [5.74, 6) is -0.938. The number of rotatable bonds is 4. The fourth-order valence-electron chi connectivity index (χ4n) is 1.16. The second-order valence-electron chi connectivity index (χ2n) is 3.14. The summed E-state index contributed by atoms with van der Waals surface area (Å²) in [4.78, 5) is 10.9. The summed E-state index contributed by atoms with van der Waals surface area (Å²) < 4.78 is 12.8. The number of nitrogens with two attached hydrogens (primary N) is 1. The van der Waals surface area contributed by atoms with E-state index in [4.69, 9.17) is 17.3 Å². The molecule has 3 nitrogen and oxygen atoms in total. The van der Waals surface area contributed by atoms with Gasteiger partial charge in [0.2, 0.25) is 5.91 Å². The van der Waals surface area contributed by atoms with Crippen LogP contribution in [-0.4, -0.2) is 11.9 Å². The fraction of sp³-hybridized carbons (Fsp3) is 0.300. The first-order valence-corrected chi connectivity index (χ1v) is 4.93. The highest BCUT2D eigenvalue weighted by atomic mass is 35.5. The van der Waals surface area contributed by atoms with Crippen molar-refractivity contribution in [3.05, 3.63) is 29.0 Å². The predicted molar refractivity (Wildman–Crippen MR) is 58.3 cm³/mol. The van der Waals surface area contributed by atoms with Gasteiger partial charge in [-0.05, 0) is 24.6 Å². The molecule has 0 aliphatic carbocycles. The average molecular weight is 231 g/mol. The molecule has 0 aliphatic rings. The maximum absolute atomic E-state index is 12.8. The summed E-state index contributed by atoms with van der Waals surface area (Å²) in [5.41, 5.74) is 5.73. The molecular weight excluding hydrogens is 219 g/mol. The van der Waals surface area contributed by atoms with Crippen molar-refractivity contribution in [3.63, 3.8) is 0 Å². The molecule has 0 radical (unpaired) electrons. The molecule has 0 aromatic heterocycles. The lowest BCUT2D eigenvalue weighted by atomic mass is 10.2. The molecule has 0 heterocycles. The molecule has 0 spiro atoms. The minimum Gasteiger partial charge on any atom is -0.374 e. The minimum absolute atomic E-state index is 0.0133. The van der Waals surface area contributed by atoms with Gasteiger partial charge in [0.25, 0.3) is 0 Å². The summed E-state index contributed by atoms with van der Waals surface area (Å²) in [6, 6.07) is 3.69. The summed E-state index contributed by atoms with van der Waals surface area (Å²) >= 11 is 5.59. The molecule has 0 saturated heterocycles. The smallest absolute Gasteiger partial charge is 0.239 e. The lowest BCUT2D eigenvalue weighted by Crippen LogP contribution is -2.34. The van der Waals surface area contributed by atoms with Gasteiger partial charge in [0.05, 0.1) is 5.02 Å². The Morgan fingerprint density at radius 1 is 1.67 bits per heavy atom. The molecule has 1 atom stereocenters. The van der Waals surface area contributed by atoms with Gasteiger partial charge in [-0.1, -0.05) is 18.5 Å². The van der Waals surface area contributed by atoms with Crippen LogP contribution in [-0.2, 0) is 4.79 Å². The van der Waals surface area contributed by atoms with Crippen molar-refractivity contribution < 1.29 is 9.18 Å². The minimum atomic E-state index is -0.491. The maximum Gasteiger partial charge on any atom is 0.239 e. The van der Waals surface area contributed by atoms with Crippen molar-refractivity contribution >= 4 is 23.2 Å². The Morgan fingerprint density at radius 2 is 2.33 bits per heavy atom. The van der Waals surface area contributed by atoms with E-state index in [2.05, 4.69) is 5.32 Å². The molecular formula is C10H12ClFN2O. The lowest BCUT2D eigenvalue weighted by molar-refractivity contribution is -0.118. The monoisotopic (exact) mass is 230 g/mol. The number of carbonyl (C=O) groups excluding carboxylic acids is 1. The highest BCUT2D eigenvalue weighted by Crippen LogP contribution is 2.20. The van der Waals surface area contributed by atoms with E-state index in [1.54, 1.807) is 0 Å². The first-order valence-electron chi connectivity index (χ1n) is 4.55. The number of benzene rings is 1. The predicted octanol–water partition coefficient (Wildman–Crippen LogP) is 2.15. The first kappa shape index (κ1) is 11.8. The van der Waals surface area contributed by atoms with Crippen LogP contribution in [0.2, 0.25) is 5.02 Å². The Balaban J connectivity index is 2.80. The Morgan fingerprint density at radius 3 is 2.80 bits per heavy atom. The Labute approximate surface area is 92.4 Å². The van der Waals surface area contributed by atoms with Crippen LogP contribution in [0.1, 0.15) is 13.3 Å². The number of primary amides is 1. The standard InChI is InChI=1S/C10H12ClFN2O/c1-2-9(10(13)15)14-6-3-4-8(12)7(11)5-6/h3-5,9,14H,2H2,1H3,(H2,13,15). The normalized spacial score (nSPS) is 12.2. The van der Waals surface area contributed by atoms with Crippen LogP contribution in [0.5, 0.6) is 0 Å². The third-order valence-corrected chi connectivity index (χ3v) is 2.30. The van der Waals surface area contributed by atoms with Crippen LogP contribution >= 0.6 is 11.6 Å². The molecule has 1 amide bonds. The van der Waals surface area contributed by atoms with Crippen molar-refractivity contribution in [1.82, 2.24) is 0 Å². The molecule has 0 saturated carbocycles. The van der Waals surface area contributed by atoms with Crippen LogP contribution in [0.15, 0.2) is 18.2 Å². The molecule has 82 valence electrons. The van der Waals surface area contributed by atoms with Crippen LogP contribution in [0.25, 0.3) is 0 Å². The van der Waals surface area contributed by atoms with Gasteiger partial charge in [0.1, 0.15) is 11.9 Å². The number of halogens is 2. The molecule has 0 bridgehead atoms. The van der Waals surface area contributed by atoms with Gasteiger partial charge in [0.15, 0.2) is 0 Å². The fourth-order valence-corrected chi connectivity index (χ4v) is 1.34. The summed E-state index contributed by atoms with van der Waals surface area (Å²) in [7, 11) is 0. The number of amides is 1. The highest BCUT2D eigenvalue weighted by Gasteiger charge is 2.12. The van der Waals surface area contributed by atoms with Gasteiger partial charge in [-0.2, -0.15) is 0 Å². The van der Waals surface area contributed by atoms with Crippen LogP contribution in [0.4, 0.5) is 10.1 Å². The Hall–Kier alpha value is -1.29. The zero-order chi connectivity index (χ0) is 11.4. The van der Waals surface area contributed by atoms with Crippen LogP contribution < -0.4 is 11.1 Å². The molecule has 15 heavy (non-hydrogen) atoms. The van der Waals surface area contributed by atoms with Crippen LogP contribution in [0, 0.1) is 5.82 Å². The van der Waals surface area contributed by atoms with E-state index in [1.165, 1.54) is 18.2 Å². The third-order valence-electron chi connectivity index (χ3n) is 2.01. The van der Waals surface area contributed by atoms with Gasteiger partial charge < -0.3 is 11.1 Å². The van der Waals surface area contributed by atoms with Crippen molar-refractivity contribution in [3.8, 4) is 0 Å². The second kappa shape index (κ2) is 4.98. The van der Waals surface area contributed by atoms with Crippen molar-refractivity contribution in [2.24, 2.45) is 5.73 Å². The van der Waals surface area contributed by atoms with E-state index < -0.39 is 17.8 Å². The summed E-state index contributed by atoms with van der Waals surface area (Å²) in [5, 5.41) is 2.88. The SMILES string of the molecule is CCC(Nc1ccc(F)c(Cl)c1)C(N)=O. The van der Waals surface area contributed by atoms with E-state index in [9.17, 15) is 9.18 Å². The first-order chi connectivity index (χ1) is 7.04. The number of hydrogen-bond donors (Lipinski definition) is 2. The molecule has 1 unspecified atom stereocenters. The number of carbonyl (C=O) groups is 1. The molecule has 5 heteroatoms. The van der Waals surface area contributed by atoms with Gasteiger partial charge >= 0.3 is 0 Å². The third kappa shape index (κ3) is 3.09. The van der Waals surface area contributed by atoms with E-state index in [-0.39, 0.29) is 5.02 Å². The molecule has 3 N–H and O–H groups in total. The van der Waals surface area contributed by atoms with E-state index in [0.29, 0.717) is 12.1 Å². The molecule has 1 rings (SSSR count). The van der Waals surface area contributed by atoms with Crippen molar-refractivity contribution in [2.45, 2.75) is 19.4 Å². The average Bonchev–Trinajstić information content (AvgIpc) is 2.19. The van der Waals surface area contributed by atoms with E-state index in [1.807, 2.05) is 6.92 Å². The molecule has 0 aliphatic heterocycles. The maximum atomic E-state index is 12.8. The van der Waals surface area contributed by atoms with Gasteiger partial charge in [-0.3, -0.25) is 4.79 Å².